The second kappa shape index (κ2) is 6.56. The Morgan fingerprint density at radius 1 is 1.24 bits per heavy atom. The van der Waals surface area contributed by atoms with Crippen LogP contribution in [0, 0.1) is 6.92 Å². The molecule has 0 saturated carbocycles. The Bertz CT molecular complexity index is 948. The molecule has 1 atom stereocenters. The van der Waals surface area contributed by atoms with Crippen molar-refractivity contribution in [3.8, 4) is 5.75 Å². The molecule has 0 radical (unpaired) electrons. The summed E-state index contributed by atoms with van der Waals surface area (Å²) in [5, 5.41) is 4.30. The van der Waals surface area contributed by atoms with Crippen LogP contribution in [0.1, 0.15) is 23.7 Å². The summed E-state index contributed by atoms with van der Waals surface area (Å²) in [4.78, 5) is 12.7. The number of halogens is 1. The van der Waals surface area contributed by atoms with E-state index in [4.69, 9.17) is 4.74 Å². The lowest BCUT2D eigenvalue weighted by molar-refractivity contribution is -0.122. The van der Waals surface area contributed by atoms with E-state index in [0.717, 1.165) is 38.8 Å². The highest BCUT2D eigenvalue weighted by molar-refractivity contribution is 9.10. The van der Waals surface area contributed by atoms with Gasteiger partial charge in [-0.3, -0.25) is 4.79 Å². The number of fused-ring (bicyclic) bond motifs is 2. The van der Waals surface area contributed by atoms with Gasteiger partial charge in [0.1, 0.15) is 12.3 Å². The highest BCUT2D eigenvalue weighted by Crippen LogP contribution is 2.32. The van der Waals surface area contributed by atoms with Crippen LogP contribution in [0.2, 0.25) is 0 Å². The van der Waals surface area contributed by atoms with Gasteiger partial charge in [-0.25, -0.2) is 0 Å². The van der Waals surface area contributed by atoms with Gasteiger partial charge in [-0.1, -0.05) is 36.4 Å². The zero-order chi connectivity index (χ0) is 17.4. The molecule has 0 saturated heterocycles. The van der Waals surface area contributed by atoms with Crippen LogP contribution < -0.4 is 10.1 Å². The molecule has 3 aromatic rings. The number of nitrogens with one attached hydrogen (secondary N) is 1. The molecule has 1 unspecified atom stereocenters. The first-order valence-electron chi connectivity index (χ1n) is 8.39. The standard InChI is InChI=1S/C20H19BrN2O2/c1-13-20(21)15-7-2-4-8-17(15)23(13)12-19(24)22-16-10-11-25-18-9-5-3-6-14(16)18/h2-9,16H,10-12H2,1H3,(H,22,24). The number of para-hydroxylation sites is 2. The molecule has 1 N–H and O–H groups in total. The summed E-state index contributed by atoms with van der Waals surface area (Å²) >= 11 is 3.64. The molecule has 128 valence electrons. The molecule has 4 nitrogen and oxygen atoms in total. The summed E-state index contributed by atoms with van der Waals surface area (Å²) in [5.74, 6) is 0.877. The van der Waals surface area contributed by atoms with Crippen molar-refractivity contribution < 1.29 is 9.53 Å². The molecule has 1 aromatic heterocycles. The second-order valence-electron chi connectivity index (χ2n) is 6.30. The van der Waals surface area contributed by atoms with Crippen LogP contribution in [0.25, 0.3) is 10.9 Å². The summed E-state index contributed by atoms with van der Waals surface area (Å²) in [7, 11) is 0. The predicted molar refractivity (Wildman–Crippen MR) is 102 cm³/mol. The van der Waals surface area contributed by atoms with Gasteiger partial charge in [-0.15, -0.1) is 0 Å². The third-order valence-corrected chi connectivity index (χ3v) is 5.75. The van der Waals surface area contributed by atoms with E-state index >= 15 is 0 Å². The fourth-order valence-corrected chi connectivity index (χ4v) is 4.02. The highest BCUT2D eigenvalue weighted by atomic mass is 79.9. The van der Waals surface area contributed by atoms with E-state index in [2.05, 4.69) is 31.9 Å². The lowest BCUT2D eigenvalue weighted by Gasteiger charge is -2.26. The van der Waals surface area contributed by atoms with Gasteiger partial charge in [-0.05, 0) is 35.0 Å². The van der Waals surface area contributed by atoms with Crippen molar-refractivity contribution in [2.24, 2.45) is 0 Å². The molecule has 0 fully saturated rings. The Balaban J connectivity index is 1.57. The number of nitrogens with zero attached hydrogens (tertiary/aromatic N) is 1. The molecule has 1 aliphatic rings. The minimum absolute atomic E-state index is 0.00280. The smallest absolute Gasteiger partial charge is 0.240 e. The van der Waals surface area contributed by atoms with Gasteiger partial charge < -0.3 is 14.6 Å². The minimum Gasteiger partial charge on any atom is -0.493 e. The summed E-state index contributed by atoms with van der Waals surface area (Å²) in [5.41, 5.74) is 3.18. The molecule has 0 bridgehead atoms. The third-order valence-electron chi connectivity index (χ3n) is 4.75. The zero-order valence-electron chi connectivity index (χ0n) is 14.0. The van der Waals surface area contributed by atoms with Crippen molar-refractivity contribution in [1.82, 2.24) is 9.88 Å². The predicted octanol–water partition coefficient (Wildman–Crippen LogP) is 4.35. The van der Waals surface area contributed by atoms with Gasteiger partial charge in [0.2, 0.25) is 5.91 Å². The molecular formula is C20H19BrN2O2. The number of hydrogen-bond acceptors (Lipinski definition) is 2. The van der Waals surface area contributed by atoms with Crippen molar-refractivity contribution in [3.05, 3.63) is 64.3 Å². The van der Waals surface area contributed by atoms with Crippen LogP contribution in [0.4, 0.5) is 0 Å². The first kappa shape index (κ1) is 16.2. The monoisotopic (exact) mass is 398 g/mol. The topological polar surface area (TPSA) is 43.3 Å². The molecule has 5 heteroatoms. The highest BCUT2D eigenvalue weighted by Gasteiger charge is 2.23. The Kier molecular flexibility index (Phi) is 4.25. The van der Waals surface area contributed by atoms with Crippen molar-refractivity contribution in [3.63, 3.8) is 0 Å². The van der Waals surface area contributed by atoms with E-state index in [9.17, 15) is 4.79 Å². The number of hydrogen-bond donors (Lipinski definition) is 1. The lowest BCUT2D eigenvalue weighted by Crippen LogP contribution is -2.34. The molecule has 2 heterocycles. The maximum absolute atomic E-state index is 12.7. The number of ether oxygens (including phenoxy) is 1. The molecule has 2 aromatic carbocycles. The molecule has 4 rings (SSSR count). The second-order valence-corrected chi connectivity index (χ2v) is 7.09. The van der Waals surface area contributed by atoms with Crippen molar-refractivity contribution in [2.75, 3.05) is 6.61 Å². The number of carbonyl (C=O) groups excluding carboxylic acids is 1. The van der Waals surface area contributed by atoms with E-state index in [1.807, 2.05) is 49.4 Å². The van der Waals surface area contributed by atoms with Gasteiger partial charge in [0, 0.05) is 33.1 Å². The van der Waals surface area contributed by atoms with Crippen molar-refractivity contribution in [2.45, 2.75) is 25.9 Å². The number of benzene rings is 2. The van der Waals surface area contributed by atoms with E-state index in [0.29, 0.717) is 13.2 Å². The fourth-order valence-electron chi connectivity index (χ4n) is 3.47. The summed E-state index contributed by atoms with van der Waals surface area (Å²) in [6.45, 7) is 2.96. The van der Waals surface area contributed by atoms with E-state index in [-0.39, 0.29) is 11.9 Å². The fraction of sp³-hybridized carbons (Fsp3) is 0.250. The minimum atomic E-state index is 0.00280. The molecule has 1 amide bonds. The molecule has 0 spiro atoms. The number of aromatic nitrogens is 1. The van der Waals surface area contributed by atoms with Crippen LogP contribution in [0.5, 0.6) is 5.75 Å². The summed E-state index contributed by atoms with van der Waals surface area (Å²) < 4.78 is 8.77. The Hall–Kier alpha value is -2.27. The van der Waals surface area contributed by atoms with Crippen LogP contribution in [-0.4, -0.2) is 17.1 Å². The molecule has 0 aliphatic carbocycles. The Labute approximate surface area is 154 Å². The van der Waals surface area contributed by atoms with Crippen molar-refractivity contribution in [1.29, 1.82) is 0 Å². The Morgan fingerprint density at radius 3 is 2.88 bits per heavy atom. The van der Waals surface area contributed by atoms with Crippen molar-refractivity contribution >= 4 is 32.7 Å². The first-order valence-corrected chi connectivity index (χ1v) is 9.19. The zero-order valence-corrected chi connectivity index (χ0v) is 15.5. The van der Waals surface area contributed by atoms with Gasteiger partial charge in [0.25, 0.3) is 0 Å². The van der Waals surface area contributed by atoms with Crippen LogP contribution >= 0.6 is 15.9 Å². The quantitative estimate of drug-likeness (QED) is 0.712. The SMILES string of the molecule is Cc1c(Br)c2ccccc2n1CC(=O)NC1CCOc2ccccc21. The average molecular weight is 399 g/mol. The first-order chi connectivity index (χ1) is 12.1. The number of carbonyl (C=O) groups is 1. The lowest BCUT2D eigenvalue weighted by atomic mass is 10.0. The number of rotatable bonds is 3. The molecule has 1 aliphatic heterocycles. The van der Waals surface area contributed by atoms with E-state index in [1.54, 1.807) is 0 Å². The maximum Gasteiger partial charge on any atom is 0.240 e. The summed E-state index contributed by atoms with van der Waals surface area (Å²) in [6, 6.07) is 16.0. The van der Waals surface area contributed by atoms with Gasteiger partial charge >= 0.3 is 0 Å². The van der Waals surface area contributed by atoms with Crippen LogP contribution in [0.15, 0.2) is 53.0 Å². The van der Waals surface area contributed by atoms with E-state index in [1.165, 1.54) is 0 Å². The number of amides is 1. The van der Waals surface area contributed by atoms with Crippen LogP contribution in [0.3, 0.4) is 0 Å². The Morgan fingerprint density at radius 2 is 2.00 bits per heavy atom. The van der Waals surface area contributed by atoms with Gasteiger partial charge in [0.15, 0.2) is 0 Å². The van der Waals surface area contributed by atoms with Gasteiger partial charge in [-0.2, -0.15) is 0 Å². The largest absolute Gasteiger partial charge is 0.493 e. The van der Waals surface area contributed by atoms with Gasteiger partial charge in [0.05, 0.1) is 12.6 Å². The maximum atomic E-state index is 12.7. The van der Waals surface area contributed by atoms with E-state index < -0.39 is 0 Å². The average Bonchev–Trinajstić information content (AvgIpc) is 2.87. The van der Waals surface area contributed by atoms with Crippen LogP contribution in [-0.2, 0) is 11.3 Å². The summed E-state index contributed by atoms with van der Waals surface area (Å²) in [6.07, 6.45) is 0.790. The third kappa shape index (κ3) is 2.93. The molecular weight excluding hydrogens is 380 g/mol. The molecule has 25 heavy (non-hydrogen) atoms. The normalized spacial score (nSPS) is 16.3.